The van der Waals surface area contributed by atoms with Crippen LogP contribution < -0.4 is 10.9 Å². The van der Waals surface area contributed by atoms with E-state index in [-0.39, 0.29) is 23.2 Å². The molecule has 0 saturated carbocycles. The average molecular weight is 390 g/mol. The van der Waals surface area contributed by atoms with Crippen molar-refractivity contribution in [2.24, 2.45) is 0 Å². The summed E-state index contributed by atoms with van der Waals surface area (Å²) >= 11 is 0. The highest BCUT2D eigenvalue weighted by Gasteiger charge is 2.24. The molecule has 0 spiro atoms. The van der Waals surface area contributed by atoms with Crippen molar-refractivity contribution in [3.8, 4) is 5.69 Å². The Morgan fingerprint density at radius 2 is 1.62 bits per heavy atom. The predicted molar refractivity (Wildman–Crippen MR) is 115 cm³/mol. The fraction of sp³-hybridized carbons (Fsp3) is 0.348. The first kappa shape index (κ1) is 19.3. The van der Waals surface area contributed by atoms with Crippen molar-refractivity contribution in [2.45, 2.75) is 38.8 Å². The summed E-state index contributed by atoms with van der Waals surface area (Å²) in [5.74, 6) is -0.228. The second kappa shape index (κ2) is 8.17. The fourth-order valence-electron chi connectivity index (χ4n) is 3.92. The van der Waals surface area contributed by atoms with Crippen LogP contribution in [0.1, 0.15) is 37.2 Å². The van der Waals surface area contributed by atoms with Crippen LogP contribution in [0, 0.1) is 0 Å². The molecular weight excluding hydrogens is 364 g/mol. The molecule has 1 N–H and O–H groups in total. The summed E-state index contributed by atoms with van der Waals surface area (Å²) in [4.78, 5) is 28.5. The van der Waals surface area contributed by atoms with Gasteiger partial charge in [0.15, 0.2) is 5.69 Å². The van der Waals surface area contributed by atoms with E-state index < -0.39 is 0 Å². The normalized spacial score (nSPS) is 15.7. The van der Waals surface area contributed by atoms with E-state index in [1.54, 1.807) is 12.1 Å². The van der Waals surface area contributed by atoms with Crippen molar-refractivity contribution < 1.29 is 4.79 Å². The van der Waals surface area contributed by atoms with Crippen LogP contribution in [-0.2, 0) is 0 Å². The van der Waals surface area contributed by atoms with Gasteiger partial charge in [0.1, 0.15) is 0 Å². The summed E-state index contributed by atoms with van der Waals surface area (Å²) in [7, 11) is 0. The van der Waals surface area contributed by atoms with Gasteiger partial charge in [-0.25, -0.2) is 0 Å². The predicted octanol–water partition coefficient (Wildman–Crippen LogP) is 2.99. The number of aromatic nitrogens is 2. The van der Waals surface area contributed by atoms with Crippen LogP contribution in [0.2, 0.25) is 0 Å². The lowest BCUT2D eigenvalue weighted by molar-refractivity contribution is 0.0896. The third-order valence-electron chi connectivity index (χ3n) is 5.62. The highest BCUT2D eigenvalue weighted by molar-refractivity contribution is 6.05. The molecule has 0 radical (unpaired) electrons. The quantitative estimate of drug-likeness (QED) is 0.744. The number of likely N-dealkylation sites (tertiary alicyclic amines) is 1. The number of fused-ring (bicyclic) bond motifs is 1. The molecule has 0 bridgehead atoms. The van der Waals surface area contributed by atoms with E-state index in [1.807, 2.05) is 42.5 Å². The van der Waals surface area contributed by atoms with Gasteiger partial charge in [0, 0.05) is 30.6 Å². The molecule has 6 heteroatoms. The van der Waals surface area contributed by atoms with Crippen LogP contribution in [0.3, 0.4) is 0 Å². The molecule has 1 fully saturated rings. The smallest absolute Gasteiger partial charge is 0.279 e. The molecule has 29 heavy (non-hydrogen) atoms. The lowest BCUT2D eigenvalue weighted by Gasteiger charge is -2.34. The first-order chi connectivity index (χ1) is 14.0. The van der Waals surface area contributed by atoms with E-state index >= 15 is 0 Å². The maximum absolute atomic E-state index is 13.1. The van der Waals surface area contributed by atoms with Crippen LogP contribution in [0.25, 0.3) is 16.5 Å². The Bertz CT molecular complexity index is 1070. The summed E-state index contributed by atoms with van der Waals surface area (Å²) in [5, 5.41) is 8.68. The van der Waals surface area contributed by atoms with Crippen LogP contribution in [0.4, 0.5) is 0 Å². The average Bonchev–Trinajstić information content (AvgIpc) is 2.75. The number of benzene rings is 2. The molecule has 1 aliphatic heterocycles. The summed E-state index contributed by atoms with van der Waals surface area (Å²) in [5.41, 5.74) is 0.700. The summed E-state index contributed by atoms with van der Waals surface area (Å²) in [6.45, 7) is 6.34. The third kappa shape index (κ3) is 3.93. The summed E-state index contributed by atoms with van der Waals surface area (Å²) in [6, 6.07) is 17.0. The van der Waals surface area contributed by atoms with Gasteiger partial charge in [-0.2, -0.15) is 9.78 Å². The van der Waals surface area contributed by atoms with Crippen LogP contribution >= 0.6 is 0 Å². The zero-order chi connectivity index (χ0) is 20.4. The topological polar surface area (TPSA) is 67.2 Å². The summed E-state index contributed by atoms with van der Waals surface area (Å²) < 4.78 is 1.32. The number of nitrogens with one attached hydrogen (secondary N) is 1. The number of hydrogen-bond donors (Lipinski definition) is 1. The molecule has 6 nitrogen and oxygen atoms in total. The number of amides is 1. The standard InChI is InChI=1S/C23H26N4O2/c1-16(2)26-14-12-17(13-15-26)24-22(28)21-19-10-6-7-11-20(19)23(29)27(25-21)18-8-4-3-5-9-18/h3-11,16-17H,12-15H2,1-2H3,(H,24,28). The van der Waals surface area contributed by atoms with Crippen molar-refractivity contribution in [3.05, 3.63) is 70.6 Å². The van der Waals surface area contributed by atoms with Crippen molar-refractivity contribution in [3.63, 3.8) is 0 Å². The van der Waals surface area contributed by atoms with Crippen molar-refractivity contribution >= 4 is 16.7 Å². The Labute approximate surface area is 170 Å². The van der Waals surface area contributed by atoms with Crippen LogP contribution in [-0.4, -0.2) is 45.8 Å². The second-order valence-corrected chi connectivity index (χ2v) is 7.82. The molecule has 1 aliphatic rings. The van der Waals surface area contributed by atoms with Gasteiger partial charge in [0.25, 0.3) is 11.5 Å². The Morgan fingerprint density at radius 3 is 2.28 bits per heavy atom. The van der Waals surface area contributed by atoms with Crippen LogP contribution in [0.15, 0.2) is 59.4 Å². The minimum absolute atomic E-state index is 0.121. The molecule has 0 unspecified atom stereocenters. The Kier molecular flexibility index (Phi) is 5.45. The molecule has 1 aromatic heterocycles. The number of nitrogens with zero attached hydrogens (tertiary/aromatic N) is 3. The molecule has 1 saturated heterocycles. The Hall–Kier alpha value is -2.99. The van der Waals surface area contributed by atoms with E-state index in [1.165, 1.54) is 4.68 Å². The maximum Gasteiger partial charge on any atom is 0.279 e. The van der Waals surface area contributed by atoms with Gasteiger partial charge < -0.3 is 10.2 Å². The largest absolute Gasteiger partial charge is 0.348 e. The van der Waals surface area contributed by atoms with Crippen molar-refractivity contribution in [1.29, 1.82) is 0 Å². The second-order valence-electron chi connectivity index (χ2n) is 7.82. The number of piperidine rings is 1. The third-order valence-corrected chi connectivity index (χ3v) is 5.62. The number of carbonyl (C=O) groups excluding carboxylic acids is 1. The van der Waals surface area contributed by atoms with Gasteiger partial charge in [-0.1, -0.05) is 36.4 Å². The molecule has 0 atom stereocenters. The molecule has 3 aromatic rings. The zero-order valence-corrected chi connectivity index (χ0v) is 16.8. The van der Waals surface area contributed by atoms with Gasteiger partial charge >= 0.3 is 0 Å². The Balaban J connectivity index is 1.67. The van der Waals surface area contributed by atoms with Gasteiger partial charge in [0.2, 0.25) is 0 Å². The van der Waals surface area contributed by atoms with E-state index in [2.05, 4.69) is 29.2 Å². The van der Waals surface area contributed by atoms with Crippen molar-refractivity contribution in [1.82, 2.24) is 20.0 Å². The highest BCUT2D eigenvalue weighted by atomic mass is 16.2. The molecule has 150 valence electrons. The van der Waals surface area contributed by atoms with E-state index in [4.69, 9.17) is 0 Å². The minimum atomic E-state index is -0.228. The van der Waals surface area contributed by atoms with E-state index in [0.717, 1.165) is 25.9 Å². The van der Waals surface area contributed by atoms with E-state index in [0.29, 0.717) is 22.5 Å². The molecular formula is C23H26N4O2. The summed E-state index contributed by atoms with van der Waals surface area (Å²) in [6.07, 6.45) is 1.83. The highest BCUT2D eigenvalue weighted by Crippen LogP contribution is 2.17. The van der Waals surface area contributed by atoms with Crippen molar-refractivity contribution in [2.75, 3.05) is 13.1 Å². The monoisotopic (exact) mass is 390 g/mol. The maximum atomic E-state index is 13.1. The fourth-order valence-corrected chi connectivity index (χ4v) is 3.92. The number of carbonyl (C=O) groups is 1. The molecule has 4 rings (SSSR count). The van der Waals surface area contributed by atoms with Crippen LogP contribution in [0.5, 0.6) is 0 Å². The van der Waals surface area contributed by atoms with Gasteiger partial charge in [-0.05, 0) is 44.9 Å². The SMILES string of the molecule is CC(C)N1CCC(NC(=O)c2nn(-c3ccccc3)c(=O)c3ccccc23)CC1. The van der Waals surface area contributed by atoms with Gasteiger partial charge in [0.05, 0.1) is 11.1 Å². The van der Waals surface area contributed by atoms with Gasteiger partial charge in [-0.3, -0.25) is 9.59 Å². The Morgan fingerprint density at radius 1 is 1.00 bits per heavy atom. The molecule has 2 heterocycles. The minimum Gasteiger partial charge on any atom is -0.348 e. The molecule has 0 aliphatic carbocycles. The molecule has 1 amide bonds. The first-order valence-corrected chi connectivity index (χ1v) is 10.2. The number of rotatable bonds is 4. The lowest BCUT2D eigenvalue weighted by atomic mass is 10.0. The van der Waals surface area contributed by atoms with E-state index in [9.17, 15) is 9.59 Å². The lowest BCUT2D eigenvalue weighted by Crippen LogP contribution is -2.47. The zero-order valence-electron chi connectivity index (χ0n) is 16.8. The molecule has 2 aromatic carbocycles. The van der Waals surface area contributed by atoms with Gasteiger partial charge in [-0.15, -0.1) is 0 Å². The number of hydrogen-bond acceptors (Lipinski definition) is 4. The first-order valence-electron chi connectivity index (χ1n) is 10.2. The number of para-hydroxylation sites is 1.